The molecular formula is C24H21N3O5S. The van der Waals surface area contributed by atoms with E-state index in [0.29, 0.717) is 34.4 Å². The van der Waals surface area contributed by atoms with Crippen molar-refractivity contribution in [3.63, 3.8) is 0 Å². The van der Waals surface area contributed by atoms with Crippen LogP contribution in [0.5, 0.6) is 23.0 Å². The molecule has 0 aliphatic heterocycles. The number of hydrogen-bond donors (Lipinski definition) is 3. The van der Waals surface area contributed by atoms with Gasteiger partial charge in [-0.1, -0.05) is 12.1 Å². The molecule has 0 amide bonds. The molecule has 0 bridgehead atoms. The number of rotatable bonds is 7. The van der Waals surface area contributed by atoms with Crippen molar-refractivity contribution in [1.29, 1.82) is 0 Å². The highest BCUT2D eigenvalue weighted by atomic mass is 32.2. The van der Waals surface area contributed by atoms with E-state index in [0.717, 1.165) is 4.31 Å². The molecule has 0 aliphatic carbocycles. The van der Waals surface area contributed by atoms with Gasteiger partial charge in [-0.25, -0.2) is 4.31 Å². The average molecular weight is 464 g/mol. The Labute approximate surface area is 191 Å². The molecule has 9 heteroatoms. The highest BCUT2D eigenvalue weighted by Gasteiger charge is 2.22. The fraction of sp³-hybridized carbons (Fsp3) is 0. The summed E-state index contributed by atoms with van der Waals surface area (Å²) in [5, 5.41) is 0. The molecule has 4 aromatic rings. The van der Waals surface area contributed by atoms with Crippen molar-refractivity contribution in [3.05, 3.63) is 97.1 Å². The molecule has 8 nitrogen and oxygen atoms in total. The highest BCUT2D eigenvalue weighted by Crippen LogP contribution is 2.33. The third-order valence-corrected chi connectivity index (χ3v) is 5.44. The molecule has 0 radical (unpaired) electrons. The quantitative estimate of drug-likeness (QED) is 0.248. The fourth-order valence-electron chi connectivity index (χ4n) is 3.14. The van der Waals surface area contributed by atoms with E-state index in [1.54, 1.807) is 72.8 Å². The summed E-state index contributed by atoms with van der Waals surface area (Å²) in [6.45, 7) is 0. The molecule has 0 fully saturated rings. The molecule has 0 aromatic heterocycles. The smallest absolute Gasteiger partial charge is 0.364 e. The van der Waals surface area contributed by atoms with Gasteiger partial charge < -0.3 is 20.9 Å². The Bertz CT molecular complexity index is 1270. The molecule has 0 atom stereocenters. The van der Waals surface area contributed by atoms with Gasteiger partial charge in [0.1, 0.15) is 23.0 Å². The Morgan fingerprint density at radius 3 is 1.33 bits per heavy atom. The van der Waals surface area contributed by atoms with E-state index in [2.05, 4.69) is 0 Å². The number of nitrogen functional groups attached to an aromatic ring is 2. The van der Waals surface area contributed by atoms with Gasteiger partial charge in [0.25, 0.3) is 0 Å². The number of nitrogens with two attached hydrogens (primary N) is 2. The molecule has 0 saturated carbocycles. The lowest BCUT2D eigenvalue weighted by atomic mass is 10.2. The van der Waals surface area contributed by atoms with Gasteiger partial charge in [0.05, 0.1) is 11.4 Å². The average Bonchev–Trinajstić information content (AvgIpc) is 2.76. The summed E-state index contributed by atoms with van der Waals surface area (Å²) >= 11 is 0. The van der Waals surface area contributed by atoms with Crippen LogP contribution in [0.3, 0.4) is 0 Å². The van der Waals surface area contributed by atoms with Gasteiger partial charge in [-0.05, 0) is 72.8 Å². The summed E-state index contributed by atoms with van der Waals surface area (Å²) in [6, 6.07) is 26.3. The first-order valence-electron chi connectivity index (χ1n) is 9.83. The molecule has 0 saturated heterocycles. The predicted molar refractivity (Wildman–Crippen MR) is 128 cm³/mol. The lowest BCUT2D eigenvalue weighted by Gasteiger charge is -2.21. The summed E-state index contributed by atoms with van der Waals surface area (Å²) in [6.07, 6.45) is 0. The van der Waals surface area contributed by atoms with Gasteiger partial charge in [0, 0.05) is 23.5 Å². The van der Waals surface area contributed by atoms with E-state index in [4.69, 9.17) is 20.9 Å². The summed E-state index contributed by atoms with van der Waals surface area (Å²) < 4.78 is 46.4. The standard InChI is InChI=1S/C24H21N3O5S/c25-17-3-1-5-23(15-17)31-21-11-7-19(8-12-21)27(33(28,29)30)20-9-13-22(14-10-20)32-24-6-2-4-18(26)16-24/h1-16H,25-26H2,(H,28,29,30). The first-order chi connectivity index (χ1) is 15.8. The molecule has 5 N–H and O–H groups in total. The number of benzene rings is 4. The number of nitrogens with zero attached hydrogens (tertiary/aromatic N) is 1. The van der Waals surface area contributed by atoms with Crippen LogP contribution in [0.25, 0.3) is 0 Å². The van der Waals surface area contributed by atoms with Gasteiger partial charge in [-0.15, -0.1) is 0 Å². The molecule has 0 unspecified atom stereocenters. The minimum absolute atomic E-state index is 0.224. The maximum Gasteiger partial charge on any atom is 0.364 e. The topological polar surface area (TPSA) is 128 Å². The van der Waals surface area contributed by atoms with Crippen LogP contribution in [0, 0.1) is 0 Å². The summed E-state index contributed by atoms with van der Waals surface area (Å²) in [5.74, 6) is 2.05. The monoisotopic (exact) mass is 463 g/mol. The van der Waals surface area contributed by atoms with E-state index in [-0.39, 0.29) is 11.4 Å². The van der Waals surface area contributed by atoms with Crippen molar-refractivity contribution in [2.24, 2.45) is 0 Å². The number of hydrogen-bond acceptors (Lipinski definition) is 6. The van der Waals surface area contributed by atoms with E-state index >= 15 is 0 Å². The Morgan fingerprint density at radius 1 is 0.606 bits per heavy atom. The first-order valence-corrected chi connectivity index (χ1v) is 11.2. The number of anilines is 4. The van der Waals surface area contributed by atoms with Crippen LogP contribution >= 0.6 is 0 Å². The van der Waals surface area contributed by atoms with Crippen molar-refractivity contribution in [1.82, 2.24) is 0 Å². The zero-order chi connectivity index (χ0) is 23.4. The highest BCUT2D eigenvalue weighted by molar-refractivity contribution is 7.87. The molecule has 0 spiro atoms. The zero-order valence-corrected chi connectivity index (χ0v) is 18.1. The minimum atomic E-state index is -4.61. The molecule has 0 heterocycles. The van der Waals surface area contributed by atoms with Crippen LogP contribution in [0.15, 0.2) is 97.1 Å². The normalized spacial score (nSPS) is 11.1. The second kappa shape index (κ2) is 9.11. The van der Waals surface area contributed by atoms with Crippen molar-refractivity contribution in [2.75, 3.05) is 15.8 Å². The van der Waals surface area contributed by atoms with E-state index < -0.39 is 10.3 Å². The van der Waals surface area contributed by atoms with Gasteiger partial charge in [-0.2, -0.15) is 8.42 Å². The van der Waals surface area contributed by atoms with Crippen LogP contribution in [-0.4, -0.2) is 13.0 Å². The minimum Gasteiger partial charge on any atom is -0.457 e. The molecule has 0 aliphatic rings. The summed E-state index contributed by atoms with van der Waals surface area (Å²) in [5.41, 5.74) is 13.1. The van der Waals surface area contributed by atoms with Crippen LogP contribution in [0.4, 0.5) is 22.7 Å². The van der Waals surface area contributed by atoms with Gasteiger partial charge in [0.15, 0.2) is 0 Å². The van der Waals surface area contributed by atoms with Crippen LogP contribution in [-0.2, 0) is 10.3 Å². The maximum atomic E-state index is 12.2. The zero-order valence-electron chi connectivity index (χ0n) is 17.3. The Hall–Kier alpha value is -4.21. The van der Waals surface area contributed by atoms with Gasteiger partial charge in [-0.3, -0.25) is 4.55 Å². The lowest BCUT2D eigenvalue weighted by Crippen LogP contribution is -2.25. The van der Waals surface area contributed by atoms with Crippen LogP contribution in [0.2, 0.25) is 0 Å². The second-order valence-electron chi connectivity index (χ2n) is 7.08. The third kappa shape index (κ3) is 5.53. The van der Waals surface area contributed by atoms with Crippen LogP contribution < -0.4 is 25.2 Å². The molecule has 33 heavy (non-hydrogen) atoms. The van der Waals surface area contributed by atoms with Gasteiger partial charge >= 0.3 is 10.3 Å². The molecule has 168 valence electrons. The SMILES string of the molecule is Nc1cccc(Oc2ccc(N(c3ccc(Oc4cccc(N)c4)cc3)S(=O)(=O)O)cc2)c1. The first kappa shape index (κ1) is 22.0. The van der Waals surface area contributed by atoms with Crippen molar-refractivity contribution in [2.45, 2.75) is 0 Å². The maximum absolute atomic E-state index is 12.2. The predicted octanol–water partition coefficient (Wildman–Crippen LogP) is 5.38. The Morgan fingerprint density at radius 2 is 1.00 bits per heavy atom. The van der Waals surface area contributed by atoms with Crippen molar-refractivity contribution < 1.29 is 22.4 Å². The second-order valence-corrected chi connectivity index (χ2v) is 8.34. The third-order valence-electron chi connectivity index (χ3n) is 4.56. The van der Waals surface area contributed by atoms with Gasteiger partial charge in [0.2, 0.25) is 0 Å². The summed E-state index contributed by atoms with van der Waals surface area (Å²) in [7, 11) is -4.61. The lowest BCUT2D eigenvalue weighted by molar-refractivity contribution is 0.479. The van der Waals surface area contributed by atoms with E-state index in [9.17, 15) is 13.0 Å². The largest absolute Gasteiger partial charge is 0.457 e. The Balaban J connectivity index is 1.56. The molecule has 4 aromatic carbocycles. The molecule has 4 rings (SSSR count). The number of ether oxygens (including phenoxy) is 2. The Kier molecular flexibility index (Phi) is 6.07. The molecular weight excluding hydrogens is 442 g/mol. The van der Waals surface area contributed by atoms with E-state index in [1.807, 2.05) is 0 Å². The van der Waals surface area contributed by atoms with E-state index in [1.165, 1.54) is 24.3 Å². The van der Waals surface area contributed by atoms with Crippen molar-refractivity contribution in [3.8, 4) is 23.0 Å². The van der Waals surface area contributed by atoms with Crippen molar-refractivity contribution >= 4 is 33.1 Å². The van der Waals surface area contributed by atoms with Crippen LogP contribution in [0.1, 0.15) is 0 Å². The fourth-order valence-corrected chi connectivity index (χ4v) is 3.92. The summed E-state index contributed by atoms with van der Waals surface area (Å²) in [4.78, 5) is 0.